The fraction of sp³-hybridized carbons (Fsp3) is 0.147. The molecule has 0 aliphatic carbocycles. The average Bonchev–Trinajstić information content (AvgIpc) is 3.71. The van der Waals surface area contributed by atoms with Crippen LogP contribution in [0.5, 0.6) is 0 Å². The number of rotatable bonds is 17. The van der Waals surface area contributed by atoms with Crippen molar-refractivity contribution in [1.29, 1.82) is 0 Å². The van der Waals surface area contributed by atoms with E-state index in [1.165, 1.54) is 38.9 Å². The molecule has 0 spiro atoms. The van der Waals surface area contributed by atoms with E-state index in [1.54, 1.807) is 0 Å². The Morgan fingerprint density at radius 1 is 0.325 bits per heavy atom. The average molecular weight is 1080 g/mol. The predicted molar refractivity (Wildman–Crippen MR) is 339 cm³/mol. The van der Waals surface area contributed by atoms with Crippen LogP contribution in [-0.4, -0.2) is 39.9 Å². The minimum absolute atomic E-state index is 0.294. The van der Waals surface area contributed by atoms with Gasteiger partial charge in [-0.2, -0.15) is 0 Å². The molecule has 0 bridgehead atoms. The molecule has 404 valence electrons. The molecular weight excluding hydrogens is 1010 g/mol. The maximum absolute atomic E-state index is 5.05. The molecule has 0 atom stereocenters. The van der Waals surface area contributed by atoms with Gasteiger partial charge in [0.2, 0.25) is 0 Å². The Labute approximate surface area is 487 Å². The SMILES string of the molecule is CCCCc1cccc(-c2nc(-c3ccccc3)nc(-c3ccc(-c4ccc(-c5cccc(-c6ccc(-c7ccc(-c8nc(-c9ccccc9)nc(-c9ccccc9)n8)cn7)cc6)c5C(CC)(CC)c5cc(C)cc(C)c5)cc4)nc3)n2)c1. The molecule has 12 rings (SSSR count). The number of hydrogen-bond donors (Lipinski definition) is 0. The van der Waals surface area contributed by atoms with Gasteiger partial charge in [-0.05, 0) is 109 Å². The predicted octanol–water partition coefficient (Wildman–Crippen LogP) is 18.6. The van der Waals surface area contributed by atoms with Crippen molar-refractivity contribution in [2.45, 2.75) is 72.1 Å². The summed E-state index contributed by atoms with van der Waals surface area (Å²) in [5.41, 5.74) is 20.1. The van der Waals surface area contributed by atoms with Gasteiger partial charge in [0.15, 0.2) is 34.9 Å². The van der Waals surface area contributed by atoms with Crippen molar-refractivity contribution in [2.75, 3.05) is 0 Å². The summed E-state index contributed by atoms with van der Waals surface area (Å²) in [7, 11) is 0. The number of pyridine rings is 2. The van der Waals surface area contributed by atoms with Crippen LogP contribution in [0.1, 0.15) is 74.3 Å². The largest absolute Gasteiger partial charge is 0.255 e. The van der Waals surface area contributed by atoms with Crippen LogP contribution in [0.2, 0.25) is 0 Å². The quantitative estimate of drug-likeness (QED) is 0.0888. The third kappa shape index (κ3) is 11.4. The van der Waals surface area contributed by atoms with E-state index in [9.17, 15) is 0 Å². The summed E-state index contributed by atoms with van der Waals surface area (Å²) in [6.07, 6.45) is 8.88. The molecule has 83 heavy (non-hydrogen) atoms. The van der Waals surface area contributed by atoms with Crippen LogP contribution in [0, 0.1) is 13.8 Å². The summed E-state index contributed by atoms with van der Waals surface area (Å²) in [6.45, 7) is 11.3. The van der Waals surface area contributed by atoms with E-state index in [0.717, 1.165) is 99.1 Å². The van der Waals surface area contributed by atoms with Gasteiger partial charge in [-0.25, -0.2) is 29.9 Å². The molecule has 4 aromatic heterocycles. The number of unbranched alkanes of at least 4 members (excludes halogenated alkanes) is 1. The first kappa shape index (κ1) is 53.7. The Morgan fingerprint density at radius 2 is 0.699 bits per heavy atom. The van der Waals surface area contributed by atoms with Crippen molar-refractivity contribution in [2.24, 2.45) is 0 Å². The first-order chi connectivity index (χ1) is 40.7. The topological polar surface area (TPSA) is 103 Å². The first-order valence-electron chi connectivity index (χ1n) is 28.9. The monoisotopic (exact) mass is 1080 g/mol. The highest BCUT2D eigenvalue weighted by Crippen LogP contribution is 2.49. The van der Waals surface area contributed by atoms with Crippen molar-refractivity contribution >= 4 is 0 Å². The molecule has 12 aromatic rings. The molecule has 0 saturated carbocycles. The van der Waals surface area contributed by atoms with Gasteiger partial charge < -0.3 is 0 Å². The van der Waals surface area contributed by atoms with Gasteiger partial charge >= 0.3 is 0 Å². The summed E-state index contributed by atoms with van der Waals surface area (Å²) >= 11 is 0. The summed E-state index contributed by atoms with van der Waals surface area (Å²) in [4.78, 5) is 39.8. The Bertz CT molecular complexity index is 4100. The van der Waals surface area contributed by atoms with Gasteiger partial charge in [0, 0.05) is 62.3 Å². The lowest BCUT2D eigenvalue weighted by molar-refractivity contribution is 0.480. The molecule has 8 heteroatoms. The van der Waals surface area contributed by atoms with Crippen LogP contribution in [0.3, 0.4) is 0 Å². The van der Waals surface area contributed by atoms with Gasteiger partial charge in [-0.1, -0.05) is 232 Å². The summed E-state index contributed by atoms with van der Waals surface area (Å²) in [5, 5.41) is 0. The van der Waals surface area contributed by atoms with E-state index < -0.39 is 0 Å². The molecule has 0 radical (unpaired) electrons. The molecule has 4 heterocycles. The molecule has 0 fully saturated rings. The fourth-order valence-corrected chi connectivity index (χ4v) is 11.5. The lowest BCUT2D eigenvalue weighted by Gasteiger charge is -2.37. The molecule has 8 nitrogen and oxygen atoms in total. The van der Waals surface area contributed by atoms with Crippen LogP contribution in [0.25, 0.3) is 113 Å². The molecule has 0 saturated heterocycles. The van der Waals surface area contributed by atoms with Crippen molar-refractivity contribution in [3.63, 3.8) is 0 Å². The minimum atomic E-state index is -0.294. The lowest BCUT2D eigenvalue weighted by Crippen LogP contribution is -2.28. The van der Waals surface area contributed by atoms with Crippen LogP contribution in [0.4, 0.5) is 0 Å². The van der Waals surface area contributed by atoms with Crippen LogP contribution in [-0.2, 0) is 11.8 Å². The van der Waals surface area contributed by atoms with Crippen molar-refractivity contribution in [3.05, 3.63) is 265 Å². The molecule has 0 aliphatic heterocycles. The molecule has 0 amide bonds. The molecule has 0 aliphatic rings. The zero-order chi connectivity index (χ0) is 56.7. The molecule has 0 N–H and O–H groups in total. The van der Waals surface area contributed by atoms with Gasteiger partial charge in [0.25, 0.3) is 0 Å². The van der Waals surface area contributed by atoms with Gasteiger partial charge in [-0.3, -0.25) is 9.97 Å². The van der Waals surface area contributed by atoms with Gasteiger partial charge in [-0.15, -0.1) is 0 Å². The van der Waals surface area contributed by atoms with E-state index in [1.807, 2.05) is 103 Å². The zero-order valence-electron chi connectivity index (χ0n) is 47.6. The third-order valence-corrected chi connectivity index (χ3v) is 15.9. The van der Waals surface area contributed by atoms with Gasteiger partial charge in [0.1, 0.15) is 0 Å². The van der Waals surface area contributed by atoms with E-state index in [2.05, 4.69) is 168 Å². The number of aryl methyl sites for hydroxylation is 3. The Morgan fingerprint density at radius 3 is 1.10 bits per heavy atom. The second-order valence-electron chi connectivity index (χ2n) is 21.4. The molecule has 0 unspecified atom stereocenters. The first-order valence-corrected chi connectivity index (χ1v) is 28.9. The van der Waals surface area contributed by atoms with E-state index >= 15 is 0 Å². The van der Waals surface area contributed by atoms with Crippen LogP contribution >= 0.6 is 0 Å². The Hall–Kier alpha value is -9.92. The summed E-state index contributed by atoms with van der Waals surface area (Å²) in [5.74, 6) is 3.67. The van der Waals surface area contributed by atoms with Crippen molar-refractivity contribution in [1.82, 2.24) is 39.9 Å². The van der Waals surface area contributed by atoms with Gasteiger partial charge in [0.05, 0.1) is 11.4 Å². The molecular formula is C75H64N8. The lowest BCUT2D eigenvalue weighted by atomic mass is 9.65. The highest BCUT2D eigenvalue weighted by Gasteiger charge is 2.36. The van der Waals surface area contributed by atoms with Crippen molar-refractivity contribution < 1.29 is 0 Å². The van der Waals surface area contributed by atoms with Crippen LogP contribution < -0.4 is 0 Å². The van der Waals surface area contributed by atoms with E-state index in [-0.39, 0.29) is 5.41 Å². The zero-order valence-corrected chi connectivity index (χ0v) is 47.6. The second-order valence-corrected chi connectivity index (χ2v) is 21.4. The molecule has 8 aromatic carbocycles. The fourth-order valence-electron chi connectivity index (χ4n) is 11.5. The Kier molecular flexibility index (Phi) is 15.6. The summed E-state index contributed by atoms with van der Waals surface area (Å²) < 4.78 is 0. The second kappa shape index (κ2) is 24.0. The van der Waals surface area contributed by atoms with E-state index in [0.29, 0.717) is 34.9 Å². The number of benzene rings is 8. The minimum Gasteiger partial charge on any atom is -0.255 e. The maximum atomic E-state index is 5.05. The van der Waals surface area contributed by atoms with Crippen molar-refractivity contribution in [3.8, 4) is 113 Å². The normalized spacial score (nSPS) is 11.4. The van der Waals surface area contributed by atoms with E-state index in [4.69, 9.17) is 39.9 Å². The smallest absolute Gasteiger partial charge is 0.165 e. The maximum Gasteiger partial charge on any atom is 0.165 e. The summed E-state index contributed by atoms with van der Waals surface area (Å²) in [6, 6.07) is 78.7. The number of nitrogens with zero attached hydrogens (tertiary/aromatic N) is 8. The Balaban J connectivity index is 0.871. The highest BCUT2D eigenvalue weighted by molar-refractivity contribution is 5.84. The van der Waals surface area contributed by atoms with Crippen LogP contribution in [0.15, 0.2) is 237 Å². The number of hydrogen-bond acceptors (Lipinski definition) is 8. The highest BCUT2D eigenvalue weighted by atomic mass is 15.0. The third-order valence-electron chi connectivity index (χ3n) is 15.9. The number of aromatic nitrogens is 8. The standard InChI is InChI=1S/C75H64N8/c1-6-9-21-52-22-19-29-60(47-52)72-79-71(59-27-17-12-18-28-59)82-74(83-72)62-41-43-67(77-49-62)56-38-34-54(35-39-56)65-31-20-30-64(68(65)75(7-2,8-3)63-45-50(4)44-51(5)46-63)53-32-36-55(37-33-53)66-42-40-61(48-76-66)73-80-69(57-23-13-10-14-24-57)78-70(81-73)58-25-15-11-16-26-58/h10-20,22-49H,6-9,21H2,1-5H3.